The second kappa shape index (κ2) is 4.97. The number of aryl methyl sites for hydroxylation is 1. The van der Waals surface area contributed by atoms with E-state index in [9.17, 15) is 4.21 Å². The Kier molecular flexibility index (Phi) is 3.61. The van der Waals surface area contributed by atoms with Crippen LogP contribution >= 0.6 is 0 Å². The molecule has 1 heterocycles. The molecule has 4 heteroatoms. The molecule has 2 rings (SSSR count). The van der Waals surface area contributed by atoms with Crippen molar-refractivity contribution in [3.05, 3.63) is 29.3 Å². The lowest BCUT2D eigenvalue weighted by atomic mass is 10.0. The first-order valence-electron chi connectivity index (χ1n) is 5.43. The fraction of sp³-hybridized carbons (Fsp3) is 0.500. The van der Waals surface area contributed by atoms with E-state index in [1.165, 1.54) is 5.56 Å². The largest absolute Gasteiger partial charge is 0.496 e. The van der Waals surface area contributed by atoms with Crippen molar-refractivity contribution in [2.75, 3.05) is 25.2 Å². The maximum atomic E-state index is 11.6. The highest BCUT2D eigenvalue weighted by Gasteiger charge is 2.22. The zero-order valence-electron chi connectivity index (χ0n) is 9.66. The molecule has 1 N–H and O–H groups in total. The molecule has 0 saturated carbocycles. The summed E-state index contributed by atoms with van der Waals surface area (Å²) in [4.78, 5) is 0. The summed E-state index contributed by atoms with van der Waals surface area (Å²) in [5.41, 5.74) is 2.32. The molecule has 2 unspecified atom stereocenters. The average molecular weight is 239 g/mol. The van der Waals surface area contributed by atoms with E-state index in [2.05, 4.69) is 18.3 Å². The zero-order chi connectivity index (χ0) is 11.5. The average Bonchev–Trinajstić information content (AvgIpc) is 2.29. The molecule has 2 atom stereocenters. The van der Waals surface area contributed by atoms with Crippen LogP contribution in [0.4, 0.5) is 0 Å². The van der Waals surface area contributed by atoms with Crippen LogP contribution in [-0.4, -0.2) is 29.4 Å². The van der Waals surface area contributed by atoms with Gasteiger partial charge < -0.3 is 10.1 Å². The highest BCUT2D eigenvalue weighted by Crippen LogP contribution is 2.27. The van der Waals surface area contributed by atoms with Gasteiger partial charge in [-0.05, 0) is 13.0 Å². The third-order valence-electron chi connectivity index (χ3n) is 2.83. The van der Waals surface area contributed by atoms with E-state index in [1.54, 1.807) is 7.11 Å². The first-order valence-corrected chi connectivity index (χ1v) is 6.92. The van der Waals surface area contributed by atoms with Crippen LogP contribution in [0.2, 0.25) is 0 Å². The van der Waals surface area contributed by atoms with E-state index >= 15 is 0 Å². The third kappa shape index (κ3) is 2.44. The summed E-state index contributed by atoms with van der Waals surface area (Å²) < 4.78 is 16.9. The summed E-state index contributed by atoms with van der Waals surface area (Å²) in [5, 5.41) is 3.39. The molecule has 3 nitrogen and oxygen atoms in total. The van der Waals surface area contributed by atoms with Crippen LogP contribution in [-0.2, 0) is 10.8 Å². The first-order chi connectivity index (χ1) is 7.70. The molecule has 0 amide bonds. The van der Waals surface area contributed by atoms with E-state index in [0.29, 0.717) is 5.75 Å². The van der Waals surface area contributed by atoms with Crippen molar-refractivity contribution >= 4 is 10.8 Å². The molecule has 16 heavy (non-hydrogen) atoms. The Balaban J connectivity index is 2.30. The number of nitrogens with one attached hydrogen (secondary N) is 1. The highest BCUT2D eigenvalue weighted by atomic mass is 32.2. The van der Waals surface area contributed by atoms with E-state index in [1.807, 2.05) is 12.1 Å². The van der Waals surface area contributed by atoms with Gasteiger partial charge in [0.1, 0.15) is 5.75 Å². The molecular formula is C12H17NO2S. The second-order valence-electron chi connectivity index (χ2n) is 4.06. The van der Waals surface area contributed by atoms with Gasteiger partial charge >= 0.3 is 0 Å². The minimum absolute atomic E-state index is 0.157. The van der Waals surface area contributed by atoms with Crippen LogP contribution < -0.4 is 10.1 Å². The minimum Gasteiger partial charge on any atom is -0.496 e. The topological polar surface area (TPSA) is 38.3 Å². The highest BCUT2D eigenvalue weighted by molar-refractivity contribution is 7.85. The summed E-state index contributed by atoms with van der Waals surface area (Å²) in [5.74, 6) is 2.31. The van der Waals surface area contributed by atoms with Crippen LogP contribution in [0.15, 0.2) is 18.2 Å². The summed E-state index contributed by atoms with van der Waals surface area (Å²) in [6.45, 7) is 2.87. The van der Waals surface area contributed by atoms with E-state index < -0.39 is 10.8 Å². The molecule has 1 saturated heterocycles. The van der Waals surface area contributed by atoms with Gasteiger partial charge in [-0.15, -0.1) is 0 Å². The normalized spacial score (nSPS) is 25.4. The molecular weight excluding hydrogens is 222 g/mol. The molecule has 88 valence electrons. The number of benzene rings is 1. The van der Waals surface area contributed by atoms with Gasteiger partial charge in [-0.1, -0.05) is 17.7 Å². The lowest BCUT2D eigenvalue weighted by Crippen LogP contribution is -2.36. The minimum atomic E-state index is -0.706. The van der Waals surface area contributed by atoms with Gasteiger partial charge in [0.15, 0.2) is 0 Å². The van der Waals surface area contributed by atoms with Crippen LogP contribution in [0.3, 0.4) is 0 Å². The molecule has 1 aromatic carbocycles. The number of hydrogen-bond acceptors (Lipinski definition) is 3. The van der Waals surface area contributed by atoms with Gasteiger partial charge in [0.2, 0.25) is 0 Å². The molecule has 0 bridgehead atoms. The Morgan fingerprint density at radius 1 is 1.50 bits per heavy atom. The molecule has 1 aromatic rings. The van der Waals surface area contributed by atoms with Crippen LogP contribution in [0.25, 0.3) is 0 Å². The predicted molar refractivity (Wildman–Crippen MR) is 66.4 cm³/mol. The Labute approximate surface area is 98.7 Å². The Bertz CT molecular complexity index is 406. The van der Waals surface area contributed by atoms with E-state index in [-0.39, 0.29) is 6.04 Å². The van der Waals surface area contributed by atoms with E-state index in [4.69, 9.17) is 4.74 Å². The van der Waals surface area contributed by atoms with Crippen molar-refractivity contribution in [3.8, 4) is 5.75 Å². The van der Waals surface area contributed by atoms with Gasteiger partial charge in [-0.25, -0.2) is 0 Å². The molecule has 1 aliphatic rings. The van der Waals surface area contributed by atoms with Crippen molar-refractivity contribution in [2.45, 2.75) is 13.0 Å². The lowest BCUT2D eigenvalue weighted by Gasteiger charge is -2.25. The van der Waals surface area contributed by atoms with Gasteiger partial charge in [0, 0.05) is 40.5 Å². The van der Waals surface area contributed by atoms with Crippen LogP contribution in [0.5, 0.6) is 5.75 Å². The van der Waals surface area contributed by atoms with Crippen LogP contribution in [0.1, 0.15) is 17.2 Å². The molecule has 0 aromatic heterocycles. The zero-order valence-corrected chi connectivity index (χ0v) is 10.5. The van der Waals surface area contributed by atoms with Crippen molar-refractivity contribution in [2.24, 2.45) is 0 Å². The molecule has 1 aliphatic heterocycles. The smallest absolute Gasteiger partial charge is 0.123 e. The van der Waals surface area contributed by atoms with Crippen molar-refractivity contribution < 1.29 is 8.95 Å². The molecule has 1 fully saturated rings. The number of methoxy groups -OCH3 is 1. The number of hydrogen-bond donors (Lipinski definition) is 1. The van der Waals surface area contributed by atoms with Crippen molar-refractivity contribution in [1.29, 1.82) is 0 Å². The summed E-state index contributed by atoms with van der Waals surface area (Å²) in [6.07, 6.45) is 0. The van der Waals surface area contributed by atoms with Gasteiger partial charge in [-0.3, -0.25) is 4.21 Å². The summed E-state index contributed by atoms with van der Waals surface area (Å²) in [6, 6.07) is 6.27. The number of ether oxygens (including phenoxy) is 1. The molecule has 0 spiro atoms. The predicted octanol–water partition coefficient (Wildman–Crippen LogP) is 1.40. The summed E-state index contributed by atoms with van der Waals surface area (Å²) >= 11 is 0. The van der Waals surface area contributed by atoms with Gasteiger partial charge in [0.05, 0.1) is 7.11 Å². The fourth-order valence-corrected chi connectivity index (χ4v) is 3.18. The monoisotopic (exact) mass is 239 g/mol. The van der Waals surface area contributed by atoms with Gasteiger partial charge in [-0.2, -0.15) is 0 Å². The Morgan fingerprint density at radius 2 is 2.31 bits per heavy atom. The fourth-order valence-electron chi connectivity index (χ4n) is 2.00. The molecule has 0 aliphatic carbocycles. The Morgan fingerprint density at radius 3 is 3.00 bits per heavy atom. The Hall–Kier alpha value is -0.870. The standard InChI is InChI=1S/C12H17NO2S/c1-9-3-4-12(15-2)10(7-9)11-8-16(14)6-5-13-11/h3-4,7,11,13H,5-6,8H2,1-2H3. The maximum Gasteiger partial charge on any atom is 0.123 e. The SMILES string of the molecule is COc1ccc(C)cc1C1CS(=O)CCN1. The van der Waals surface area contributed by atoms with E-state index in [0.717, 1.165) is 23.6 Å². The maximum absolute atomic E-state index is 11.6. The molecule has 0 radical (unpaired) electrons. The lowest BCUT2D eigenvalue weighted by molar-refractivity contribution is 0.402. The first kappa shape index (κ1) is 11.6. The summed E-state index contributed by atoms with van der Waals surface area (Å²) in [7, 11) is 0.969. The van der Waals surface area contributed by atoms with Crippen LogP contribution in [0, 0.1) is 6.92 Å². The van der Waals surface area contributed by atoms with Gasteiger partial charge in [0.25, 0.3) is 0 Å². The van der Waals surface area contributed by atoms with Crippen molar-refractivity contribution in [1.82, 2.24) is 5.32 Å². The second-order valence-corrected chi connectivity index (χ2v) is 5.68. The third-order valence-corrected chi connectivity index (χ3v) is 4.20. The number of rotatable bonds is 2. The van der Waals surface area contributed by atoms with Crippen molar-refractivity contribution in [3.63, 3.8) is 0 Å². The quantitative estimate of drug-likeness (QED) is 0.847.